The van der Waals surface area contributed by atoms with Crippen LogP contribution in [-0.4, -0.2) is 98.8 Å². The van der Waals surface area contributed by atoms with Crippen LogP contribution in [0.1, 0.15) is 63.4 Å². The van der Waals surface area contributed by atoms with Gasteiger partial charge in [-0.3, -0.25) is 29.1 Å². The quantitative estimate of drug-likeness (QED) is 0.0534. The van der Waals surface area contributed by atoms with Crippen molar-refractivity contribution in [2.24, 2.45) is 5.41 Å². The van der Waals surface area contributed by atoms with E-state index < -0.39 is 94.0 Å². The number of pyridine rings is 1. The van der Waals surface area contributed by atoms with E-state index in [1.165, 1.54) is 71.5 Å². The number of hydrogen-bond donors (Lipinski definition) is 3. The lowest BCUT2D eigenvalue weighted by atomic mass is 9.85. The molecule has 15 nitrogen and oxygen atoms in total. The van der Waals surface area contributed by atoms with Gasteiger partial charge in [-0.15, -0.1) is 11.3 Å². The zero-order valence-electron chi connectivity index (χ0n) is 39.8. The Hall–Kier alpha value is -6.93. The number of amides is 4. The van der Waals surface area contributed by atoms with Crippen LogP contribution in [0.25, 0.3) is 21.7 Å². The van der Waals surface area contributed by atoms with Crippen LogP contribution in [0.3, 0.4) is 0 Å². The van der Waals surface area contributed by atoms with Crippen LogP contribution in [0, 0.1) is 35.3 Å². The normalized spacial score (nSPS) is 17.2. The summed E-state index contributed by atoms with van der Waals surface area (Å²) in [5.41, 5.74) is -0.506. The number of likely N-dealkylation sites (tertiary alicyclic amines) is 1. The van der Waals surface area contributed by atoms with Crippen LogP contribution < -0.4 is 25.2 Å². The van der Waals surface area contributed by atoms with Gasteiger partial charge in [0, 0.05) is 25.1 Å². The summed E-state index contributed by atoms with van der Waals surface area (Å²) in [5.74, 6) is -5.18. The fourth-order valence-electron chi connectivity index (χ4n) is 8.37. The third-order valence-electron chi connectivity index (χ3n) is 12.1. The van der Waals surface area contributed by atoms with E-state index in [9.17, 15) is 42.7 Å². The van der Waals surface area contributed by atoms with Crippen LogP contribution in [0.5, 0.6) is 5.75 Å². The van der Waals surface area contributed by atoms with E-state index in [0.717, 1.165) is 39.9 Å². The van der Waals surface area contributed by atoms with Gasteiger partial charge in [0.1, 0.15) is 36.4 Å². The molecule has 378 valence electrons. The predicted octanol–water partition coefficient (Wildman–Crippen LogP) is 7.47. The fraction of sp³-hybridized carbons (Fsp3) is 0.360. The Morgan fingerprint density at radius 1 is 1.01 bits per heavy atom. The van der Waals surface area contributed by atoms with Gasteiger partial charge in [0.15, 0.2) is 22.5 Å². The van der Waals surface area contributed by atoms with E-state index >= 15 is 8.78 Å². The topological polar surface area (TPSA) is 190 Å². The minimum atomic E-state index is -5.24. The molecular formula is C50H49F5N8O7S2. The summed E-state index contributed by atoms with van der Waals surface area (Å²) in [6, 6.07) is 15.6. The molecule has 0 saturated carbocycles. The van der Waals surface area contributed by atoms with Crippen LogP contribution in [0.2, 0.25) is 0 Å². The highest BCUT2D eigenvalue weighted by Gasteiger charge is 2.52. The van der Waals surface area contributed by atoms with E-state index in [2.05, 4.69) is 20.6 Å². The second-order valence-electron chi connectivity index (χ2n) is 18.6. The molecule has 22 heteroatoms. The maximum atomic E-state index is 15.4. The van der Waals surface area contributed by atoms with Gasteiger partial charge in [-0.2, -0.15) is 18.4 Å². The van der Waals surface area contributed by atoms with Gasteiger partial charge >= 0.3 is 6.18 Å². The first-order valence-electron chi connectivity index (χ1n) is 22.4. The van der Waals surface area contributed by atoms with Crippen LogP contribution in [0.15, 0.2) is 78.4 Å². The number of carbonyl (C=O) groups is 4. The van der Waals surface area contributed by atoms with Crippen molar-refractivity contribution in [3.63, 3.8) is 0 Å². The zero-order valence-corrected chi connectivity index (χ0v) is 41.4. The predicted molar refractivity (Wildman–Crippen MR) is 260 cm³/mol. The Labute approximate surface area is 420 Å². The number of aliphatic hydroxyl groups excluding tert-OH is 1. The number of nitrogens with zero attached hydrogens (tertiary/aromatic N) is 6. The second-order valence-corrected chi connectivity index (χ2v) is 19.9. The van der Waals surface area contributed by atoms with Gasteiger partial charge in [-0.1, -0.05) is 45.0 Å². The van der Waals surface area contributed by atoms with Gasteiger partial charge < -0.3 is 35.0 Å². The smallest absolute Gasteiger partial charge is 0.420 e. The number of aryl methyl sites for hydroxylation is 1. The number of anilines is 2. The first-order chi connectivity index (χ1) is 33.9. The Morgan fingerprint density at radius 2 is 1.72 bits per heavy atom. The number of halogens is 5. The Kier molecular flexibility index (Phi) is 15.5. The molecule has 5 aromatic rings. The summed E-state index contributed by atoms with van der Waals surface area (Å²) in [6.45, 7) is 9.39. The number of alkyl halides is 3. The fourth-order valence-corrected chi connectivity index (χ4v) is 9.70. The molecule has 7 rings (SSSR count). The van der Waals surface area contributed by atoms with Crippen molar-refractivity contribution in [1.82, 2.24) is 25.5 Å². The molecule has 2 saturated heterocycles. The van der Waals surface area contributed by atoms with Gasteiger partial charge in [0.25, 0.3) is 5.91 Å². The van der Waals surface area contributed by atoms with Gasteiger partial charge in [-0.05, 0) is 92.0 Å². The highest BCUT2D eigenvalue weighted by Crippen LogP contribution is 2.42. The van der Waals surface area contributed by atoms with E-state index in [0.29, 0.717) is 10.5 Å². The first-order valence-corrected chi connectivity index (χ1v) is 23.7. The lowest BCUT2D eigenvalue weighted by Gasteiger charge is -2.35. The number of β-amino-alcohol motifs (C(OH)–C–C–N with tert-alkyl or cyclic N) is 1. The van der Waals surface area contributed by atoms with E-state index in [1.807, 2.05) is 31.2 Å². The van der Waals surface area contributed by atoms with Crippen molar-refractivity contribution in [2.75, 3.05) is 36.2 Å². The molecule has 2 aliphatic rings. The Balaban J connectivity index is 0.903. The largest absolute Gasteiger partial charge is 0.488 e. The summed E-state index contributed by atoms with van der Waals surface area (Å²) < 4.78 is 83.1. The molecule has 4 amide bonds. The van der Waals surface area contributed by atoms with Gasteiger partial charge in [0.05, 0.1) is 63.7 Å². The number of hydrogen-bond acceptors (Lipinski definition) is 12. The number of carbonyl (C=O) groups excluding carboxylic acids is 4. The van der Waals surface area contributed by atoms with Crippen molar-refractivity contribution in [3.05, 3.63) is 112 Å². The maximum Gasteiger partial charge on any atom is 0.420 e. The average molecular weight is 1030 g/mol. The van der Waals surface area contributed by atoms with E-state index in [1.54, 1.807) is 26.3 Å². The molecule has 3 atom stereocenters. The molecule has 0 unspecified atom stereocenters. The number of thiazole rings is 1. The average Bonchev–Trinajstić information content (AvgIpc) is 3.99. The van der Waals surface area contributed by atoms with Crippen molar-refractivity contribution in [3.8, 4) is 33.5 Å². The number of aliphatic hydroxyl groups is 1. The lowest BCUT2D eigenvalue weighted by molar-refractivity contribution is -0.144. The molecule has 72 heavy (non-hydrogen) atoms. The summed E-state index contributed by atoms with van der Waals surface area (Å²) >= 11 is 7.03. The number of nitriles is 1. The van der Waals surface area contributed by atoms with Crippen molar-refractivity contribution >= 4 is 63.7 Å². The molecule has 2 fully saturated rings. The van der Waals surface area contributed by atoms with Crippen molar-refractivity contribution in [2.45, 2.75) is 84.4 Å². The van der Waals surface area contributed by atoms with Crippen LogP contribution in [-0.2, 0) is 36.6 Å². The molecule has 0 spiro atoms. The number of rotatable bonds is 15. The Morgan fingerprint density at radius 3 is 2.33 bits per heavy atom. The number of ether oxygens (including phenoxy) is 2. The minimum absolute atomic E-state index is 0.0246. The van der Waals surface area contributed by atoms with Gasteiger partial charge in [-0.25, -0.2) is 13.8 Å². The molecule has 0 aliphatic carbocycles. The standard InChI is InChI=1S/C50H49F5N8O7S2/c1-27-42(72-26-59-27)29-9-7-28(8-10-29)22-58-44(66)37-20-33(64)24-61(37)45(67)43(48(2,3)4)60-39(65)25-69-17-18-70-38-16-12-30(19-34(38)51)35-14-13-32(23-57-35)63-47(71)62(46(68)49(63,5)6)36-15-11-31(21-56)40(41(36)52)50(53,54)55/h7-16,19,23,26,33,37,43,64H,17-18,20,22,24-25H2,1-6H3,(H,58,66)(H,60,65)/t33-,37+,43-/m1/s1. The zero-order chi connectivity index (χ0) is 52.4. The minimum Gasteiger partial charge on any atom is -0.488 e. The summed E-state index contributed by atoms with van der Waals surface area (Å²) in [7, 11) is 0. The molecule has 3 N–H and O–H groups in total. The Bertz CT molecular complexity index is 2940. The summed E-state index contributed by atoms with van der Waals surface area (Å²) in [4.78, 5) is 67.1. The third kappa shape index (κ3) is 11.1. The summed E-state index contributed by atoms with van der Waals surface area (Å²) in [5, 5.41) is 25.0. The number of nitrogens with one attached hydrogen (secondary N) is 2. The first kappa shape index (κ1) is 52.9. The number of benzene rings is 3. The highest BCUT2D eigenvalue weighted by atomic mass is 32.1. The molecule has 4 heterocycles. The molecule has 2 aliphatic heterocycles. The molecule has 0 radical (unpaired) electrons. The molecule has 0 bridgehead atoms. The van der Waals surface area contributed by atoms with E-state index in [4.69, 9.17) is 21.7 Å². The van der Waals surface area contributed by atoms with Crippen LogP contribution >= 0.6 is 23.6 Å². The van der Waals surface area contributed by atoms with Crippen molar-refractivity contribution in [1.29, 1.82) is 5.26 Å². The maximum absolute atomic E-state index is 15.4. The SMILES string of the molecule is Cc1ncsc1-c1ccc(CNC(=O)[C@@H]2C[C@@H](O)CN2C(=O)[C@@H](NC(=O)COCCOc2ccc(-c3ccc(N4C(=S)N(c5ccc(C#N)c(C(F)(F)F)c5F)C(=O)C4(C)C)cn3)cc2F)C(C)(C)C)cc1. The molecule has 2 aromatic heterocycles. The molecular weight excluding hydrogens is 984 g/mol. The lowest BCUT2D eigenvalue weighted by Crippen LogP contribution is -2.58. The monoisotopic (exact) mass is 1030 g/mol. The van der Waals surface area contributed by atoms with E-state index in [-0.39, 0.29) is 55.0 Å². The summed E-state index contributed by atoms with van der Waals surface area (Å²) in [6.07, 6.45) is -4.85. The highest BCUT2D eigenvalue weighted by molar-refractivity contribution is 7.81. The second kappa shape index (κ2) is 21.0. The van der Waals surface area contributed by atoms with Crippen LogP contribution in [0.4, 0.5) is 33.3 Å². The molecule has 3 aromatic carbocycles. The van der Waals surface area contributed by atoms with Gasteiger partial charge in [0.2, 0.25) is 17.7 Å². The third-order valence-corrected chi connectivity index (χ3v) is 13.4. The number of aromatic nitrogens is 2. The van der Waals surface area contributed by atoms with Crippen molar-refractivity contribution < 1.29 is 55.7 Å². The number of thiocarbonyl (C=S) groups is 1.